The number of carbonyl (C=O) groups excluding carboxylic acids is 1. The van der Waals surface area contributed by atoms with E-state index in [4.69, 9.17) is 4.74 Å². The zero-order valence-electron chi connectivity index (χ0n) is 9.47. The summed E-state index contributed by atoms with van der Waals surface area (Å²) in [6.45, 7) is 1.88. The van der Waals surface area contributed by atoms with Crippen LogP contribution in [0.3, 0.4) is 0 Å². The summed E-state index contributed by atoms with van der Waals surface area (Å²) in [5.74, 6) is -0.503. The molecule has 1 aromatic rings. The van der Waals surface area contributed by atoms with E-state index in [1.165, 1.54) is 6.07 Å². The van der Waals surface area contributed by atoms with E-state index >= 15 is 0 Å². The van der Waals surface area contributed by atoms with Gasteiger partial charge in [0.05, 0.1) is 11.3 Å². The molecule has 0 saturated carbocycles. The summed E-state index contributed by atoms with van der Waals surface area (Å²) < 4.78 is 42.7. The SMILES string of the molecule is CCOCC(=O)Nc1cc(C(F)(F)F)ccc1Br. The minimum absolute atomic E-state index is 0.0644. The zero-order valence-corrected chi connectivity index (χ0v) is 11.1. The average molecular weight is 326 g/mol. The Kier molecular flexibility index (Phi) is 5.15. The van der Waals surface area contributed by atoms with E-state index in [2.05, 4.69) is 21.2 Å². The highest BCUT2D eigenvalue weighted by Crippen LogP contribution is 2.33. The molecule has 0 atom stereocenters. The highest BCUT2D eigenvalue weighted by atomic mass is 79.9. The van der Waals surface area contributed by atoms with Crippen molar-refractivity contribution in [1.29, 1.82) is 0 Å². The van der Waals surface area contributed by atoms with Gasteiger partial charge in [0.1, 0.15) is 6.61 Å². The van der Waals surface area contributed by atoms with Crippen LogP contribution >= 0.6 is 15.9 Å². The van der Waals surface area contributed by atoms with Gasteiger partial charge in [0.25, 0.3) is 0 Å². The number of nitrogens with one attached hydrogen (secondary N) is 1. The molecule has 0 radical (unpaired) electrons. The minimum Gasteiger partial charge on any atom is -0.372 e. The third kappa shape index (κ3) is 4.30. The highest BCUT2D eigenvalue weighted by molar-refractivity contribution is 9.10. The molecule has 1 amide bonds. The van der Waals surface area contributed by atoms with Crippen LogP contribution in [0.25, 0.3) is 0 Å². The number of hydrogen-bond donors (Lipinski definition) is 1. The van der Waals surface area contributed by atoms with Crippen LogP contribution in [0.1, 0.15) is 12.5 Å². The van der Waals surface area contributed by atoms with E-state index in [0.29, 0.717) is 11.1 Å². The molecular weight excluding hydrogens is 315 g/mol. The van der Waals surface area contributed by atoms with Gasteiger partial charge in [-0.15, -0.1) is 0 Å². The van der Waals surface area contributed by atoms with Crippen molar-refractivity contribution in [2.45, 2.75) is 13.1 Å². The van der Waals surface area contributed by atoms with Crippen molar-refractivity contribution < 1.29 is 22.7 Å². The Morgan fingerprint density at radius 2 is 2.11 bits per heavy atom. The van der Waals surface area contributed by atoms with Crippen molar-refractivity contribution >= 4 is 27.5 Å². The number of alkyl halides is 3. The molecule has 0 bridgehead atoms. The molecule has 7 heteroatoms. The fourth-order valence-corrected chi connectivity index (χ4v) is 1.52. The van der Waals surface area contributed by atoms with E-state index in [0.717, 1.165) is 12.1 Å². The maximum atomic E-state index is 12.5. The van der Waals surface area contributed by atoms with Crippen LogP contribution in [0.15, 0.2) is 22.7 Å². The number of halogens is 4. The van der Waals surface area contributed by atoms with Crippen LogP contribution in [0.4, 0.5) is 18.9 Å². The van der Waals surface area contributed by atoms with E-state index in [9.17, 15) is 18.0 Å². The van der Waals surface area contributed by atoms with E-state index < -0.39 is 17.6 Å². The fraction of sp³-hybridized carbons (Fsp3) is 0.364. The lowest BCUT2D eigenvalue weighted by atomic mass is 10.2. The van der Waals surface area contributed by atoms with Crippen LogP contribution < -0.4 is 5.32 Å². The Morgan fingerprint density at radius 3 is 2.67 bits per heavy atom. The molecule has 0 fully saturated rings. The number of anilines is 1. The molecule has 0 aliphatic rings. The second kappa shape index (κ2) is 6.19. The smallest absolute Gasteiger partial charge is 0.372 e. The first-order valence-electron chi connectivity index (χ1n) is 5.09. The van der Waals surface area contributed by atoms with Gasteiger partial charge in [-0.25, -0.2) is 0 Å². The van der Waals surface area contributed by atoms with E-state index in [1.807, 2.05) is 0 Å². The summed E-state index contributed by atoms with van der Waals surface area (Å²) >= 11 is 3.07. The van der Waals surface area contributed by atoms with Gasteiger partial charge in [0.15, 0.2) is 0 Å². The summed E-state index contributed by atoms with van der Waals surface area (Å²) in [6, 6.07) is 3.04. The van der Waals surface area contributed by atoms with Crippen LogP contribution in [0.2, 0.25) is 0 Å². The van der Waals surface area contributed by atoms with Crippen molar-refractivity contribution in [3.63, 3.8) is 0 Å². The van der Waals surface area contributed by atoms with Gasteiger partial charge in [0.2, 0.25) is 5.91 Å². The first-order valence-corrected chi connectivity index (χ1v) is 5.88. The number of ether oxygens (including phenoxy) is 1. The second-order valence-electron chi connectivity index (χ2n) is 3.38. The second-order valence-corrected chi connectivity index (χ2v) is 4.23. The summed E-state index contributed by atoms with van der Waals surface area (Å²) in [4.78, 5) is 11.3. The number of hydrogen-bond acceptors (Lipinski definition) is 2. The number of rotatable bonds is 4. The molecule has 0 aliphatic carbocycles. The zero-order chi connectivity index (χ0) is 13.8. The topological polar surface area (TPSA) is 38.3 Å². The van der Waals surface area contributed by atoms with Crippen molar-refractivity contribution in [2.24, 2.45) is 0 Å². The van der Waals surface area contributed by atoms with Gasteiger partial charge in [0, 0.05) is 11.1 Å². The van der Waals surface area contributed by atoms with Crippen LogP contribution in [-0.4, -0.2) is 19.1 Å². The number of amides is 1. The normalized spacial score (nSPS) is 11.4. The van der Waals surface area contributed by atoms with Gasteiger partial charge in [-0.1, -0.05) is 0 Å². The molecule has 0 heterocycles. The number of benzene rings is 1. The minimum atomic E-state index is -4.44. The lowest BCUT2D eigenvalue weighted by molar-refractivity contribution is -0.137. The van der Waals surface area contributed by atoms with Gasteiger partial charge >= 0.3 is 6.18 Å². The Bertz CT molecular complexity index is 435. The molecule has 0 spiro atoms. The first kappa shape index (κ1) is 15.0. The predicted octanol–water partition coefficient (Wildman–Crippen LogP) is 3.44. The van der Waals surface area contributed by atoms with E-state index in [1.54, 1.807) is 6.92 Å². The largest absolute Gasteiger partial charge is 0.416 e. The molecule has 100 valence electrons. The molecule has 1 N–H and O–H groups in total. The van der Waals surface area contributed by atoms with Gasteiger partial charge in [-0.2, -0.15) is 13.2 Å². The lowest BCUT2D eigenvalue weighted by Crippen LogP contribution is -2.19. The molecule has 18 heavy (non-hydrogen) atoms. The summed E-state index contributed by atoms with van der Waals surface area (Å²) in [6.07, 6.45) is -4.44. The Labute approximate surface area is 110 Å². The molecule has 0 aliphatic heterocycles. The van der Waals surface area contributed by atoms with Crippen LogP contribution in [0.5, 0.6) is 0 Å². The van der Waals surface area contributed by atoms with Crippen molar-refractivity contribution in [3.05, 3.63) is 28.2 Å². The Hall–Kier alpha value is -1.08. The highest BCUT2D eigenvalue weighted by Gasteiger charge is 2.31. The van der Waals surface area contributed by atoms with Gasteiger partial charge < -0.3 is 10.1 Å². The maximum Gasteiger partial charge on any atom is 0.416 e. The molecule has 3 nitrogen and oxygen atoms in total. The molecular formula is C11H11BrF3NO2. The Morgan fingerprint density at radius 1 is 1.44 bits per heavy atom. The quantitative estimate of drug-likeness (QED) is 0.920. The van der Waals surface area contributed by atoms with Crippen molar-refractivity contribution in [3.8, 4) is 0 Å². The van der Waals surface area contributed by atoms with E-state index in [-0.39, 0.29) is 12.3 Å². The van der Waals surface area contributed by atoms with Crippen LogP contribution in [-0.2, 0) is 15.7 Å². The standard InChI is InChI=1S/C11H11BrF3NO2/c1-2-18-6-10(17)16-9-5-7(11(13,14)15)3-4-8(9)12/h3-5H,2,6H2,1H3,(H,16,17). The maximum absolute atomic E-state index is 12.5. The summed E-state index contributed by atoms with van der Waals surface area (Å²) in [5, 5.41) is 2.35. The molecule has 1 aromatic carbocycles. The Balaban J connectivity index is 2.85. The van der Waals surface area contributed by atoms with Gasteiger partial charge in [-0.3, -0.25) is 4.79 Å². The third-order valence-corrected chi connectivity index (χ3v) is 2.70. The molecule has 0 aromatic heterocycles. The van der Waals surface area contributed by atoms with Crippen molar-refractivity contribution in [2.75, 3.05) is 18.5 Å². The third-order valence-electron chi connectivity index (χ3n) is 2.01. The molecule has 0 unspecified atom stereocenters. The summed E-state index contributed by atoms with van der Waals surface area (Å²) in [5.41, 5.74) is -0.757. The lowest BCUT2D eigenvalue weighted by Gasteiger charge is -2.11. The first-order chi connectivity index (χ1) is 8.34. The average Bonchev–Trinajstić information content (AvgIpc) is 2.28. The fourth-order valence-electron chi connectivity index (χ4n) is 1.18. The number of carbonyl (C=O) groups is 1. The summed E-state index contributed by atoms with van der Waals surface area (Å²) in [7, 11) is 0. The van der Waals surface area contributed by atoms with Crippen LogP contribution in [0, 0.1) is 0 Å². The van der Waals surface area contributed by atoms with Crippen molar-refractivity contribution in [1.82, 2.24) is 0 Å². The molecule has 0 saturated heterocycles. The monoisotopic (exact) mass is 325 g/mol. The predicted molar refractivity (Wildman–Crippen MR) is 64.3 cm³/mol. The molecule has 1 rings (SSSR count). The van der Waals surface area contributed by atoms with Gasteiger partial charge in [-0.05, 0) is 41.1 Å².